The fourth-order valence-electron chi connectivity index (χ4n) is 1.65. The molecule has 0 bridgehead atoms. The number of nitrogens with two attached hydrogens (primary N) is 1. The minimum absolute atomic E-state index is 0.129. The predicted octanol–water partition coefficient (Wildman–Crippen LogP) is 1.16. The van der Waals surface area contributed by atoms with Gasteiger partial charge in [0.05, 0.1) is 11.2 Å². The number of nitrogens with one attached hydrogen (secondary N) is 1. The van der Waals surface area contributed by atoms with Gasteiger partial charge in [-0.05, 0) is 26.0 Å². The second-order valence-electron chi connectivity index (χ2n) is 4.87. The zero-order valence-electron chi connectivity index (χ0n) is 11.1. The summed E-state index contributed by atoms with van der Waals surface area (Å²) >= 11 is 5.66. The Morgan fingerprint density at radius 2 is 2.05 bits per heavy atom. The highest BCUT2D eigenvalue weighted by Crippen LogP contribution is 2.27. The van der Waals surface area contributed by atoms with Gasteiger partial charge in [-0.15, -0.1) is 0 Å². The second-order valence-corrected chi connectivity index (χ2v) is 7.04. The molecule has 0 atom stereocenters. The van der Waals surface area contributed by atoms with Gasteiger partial charge in [0.25, 0.3) is 0 Å². The molecule has 1 aromatic rings. The van der Waals surface area contributed by atoms with Crippen LogP contribution in [0.2, 0.25) is 5.02 Å². The summed E-state index contributed by atoms with van der Waals surface area (Å²) in [5.41, 5.74) is -0.984. The Morgan fingerprint density at radius 1 is 1.45 bits per heavy atom. The van der Waals surface area contributed by atoms with Crippen LogP contribution >= 0.6 is 11.6 Å². The predicted molar refractivity (Wildman–Crippen MR) is 75.4 cm³/mol. The molecule has 0 fully saturated rings. The molecule has 1 rings (SSSR count). The van der Waals surface area contributed by atoms with Gasteiger partial charge in [-0.3, -0.25) is 4.79 Å². The maximum Gasteiger partial charge on any atom is 0.230 e. The molecule has 0 spiro atoms. The van der Waals surface area contributed by atoms with Crippen LogP contribution in [0, 0.1) is 5.82 Å². The van der Waals surface area contributed by atoms with Crippen LogP contribution in [0.4, 0.5) is 4.39 Å². The van der Waals surface area contributed by atoms with E-state index in [-0.39, 0.29) is 22.9 Å². The number of sulfonamides is 1. The molecule has 0 aliphatic carbocycles. The maximum atomic E-state index is 13.8. The summed E-state index contributed by atoms with van der Waals surface area (Å²) in [6.07, 6.45) is 0. The molecule has 0 heterocycles. The van der Waals surface area contributed by atoms with Crippen LogP contribution in [0.1, 0.15) is 19.4 Å². The summed E-state index contributed by atoms with van der Waals surface area (Å²) in [5.74, 6) is -1.47. The molecule has 0 radical (unpaired) electrons. The summed E-state index contributed by atoms with van der Waals surface area (Å²) in [5, 5.41) is 7.48. The van der Waals surface area contributed by atoms with E-state index in [1.54, 1.807) is 0 Å². The summed E-state index contributed by atoms with van der Waals surface area (Å²) in [4.78, 5) is 12.0. The van der Waals surface area contributed by atoms with Crippen molar-refractivity contribution in [1.29, 1.82) is 0 Å². The van der Waals surface area contributed by atoms with Crippen LogP contribution in [0.25, 0.3) is 0 Å². The smallest absolute Gasteiger partial charge is 0.230 e. The van der Waals surface area contributed by atoms with Crippen LogP contribution in [0.15, 0.2) is 18.2 Å². The third-order valence-electron chi connectivity index (χ3n) is 2.84. The van der Waals surface area contributed by atoms with Crippen molar-refractivity contribution in [3.63, 3.8) is 0 Å². The average molecular weight is 323 g/mol. The summed E-state index contributed by atoms with van der Waals surface area (Å²) in [6, 6.07) is 4.03. The Balaban J connectivity index is 2.84. The van der Waals surface area contributed by atoms with Crippen molar-refractivity contribution in [3.05, 3.63) is 34.6 Å². The van der Waals surface area contributed by atoms with Crippen molar-refractivity contribution in [2.75, 3.05) is 12.3 Å². The lowest BCUT2D eigenvalue weighted by atomic mass is 9.83. The van der Waals surface area contributed by atoms with E-state index in [9.17, 15) is 17.6 Å². The number of rotatable bonds is 5. The van der Waals surface area contributed by atoms with Gasteiger partial charge in [0.2, 0.25) is 15.9 Å². The van der Waals surface area contributed by atoms with E-state index < -0.39 is 27.2 Å². The number of carbonyl (C=O) groups excluding carboxylic acids is 1. The van der Waals surface area contributed by atoms with E-state index in [1.165, 1.54) is 26.0 Å². The fourth-order valence-corrected chi connectivity index (χ4v) is 2.19. The first kappa shape index (κ1) is 16.9. The van der Waals surface area contributed by atoms with Crippen LogP contribution in [0.5, 0.6) is 0 Å². The molecule has 8 heteroatoms. The van der Waals surface area contributed by atoms with Crippen molar-refractivity contribution in [3.8, 4) is 0 Å². The number of hydrogen-bond acceptors (Lipinski definition) is 3. The van der Waals surface area contributed by atoms with Crippen LogP contribution in [0.3, 0.4) is 0 Å². The van der Waals surface area contributed by atoms with Gasteiger partial charge in [0.1, 0.15) is 5.82 Å². The lowest BCUT2D eigenvalue weighted by Crippen LogP contribution is -2.42. The maximum absolute atomic E-state index is 13.8. The number of primary sulfonamides is 1. The highest BCUT2D eigenvalue weighted by molar-refractivity contribution is 7.89. The van der Waals surface area contributed by atoms with Crippen LogP contribution in [-0.2, 0) is 20.2 Å². The van der Waals surface area contributed by atoms with Crippen molar-refractivity contribution in [1.82, 2.24) is 5.32 Å². The van der Waals surface area contributed by atoms with Gasteiger partial charge in [0, 0.05) is 17.1 Å². The van der Waals surface area contributed by atoms with Crippen LogP contribution < -0.4 is 10.5 Å². The Kier molecular flexibility index (Phi) is 5.12. The first-order valence-electron chi connectivity index (χ1n) is 5.78. The van der Waals surface area contributed by atoms with Crippen molar-refractivity contribution >= 4 is 27.5 Å². The molecular formula is C12H16ClFN2O3S. The molecule has 112 valence electrons. The second kappa shape index (κ2) is 6.07. The van der Waals surface area contributed by atoms with Gasteiger partial charge in [-0.25, -0.2) is 17.9 Å². The number of amides is 1. The number of benzene rings is 1. The van der Waals surface area contributed by atoms with Gasteiger partial charge < -0.3 is 5.32 Å². The molecule has 0 aliphatic rings. The van der Waals surface area contributed by atoms with E-state index in [1.807, 2.05) is 0 Å². The molecule has 1 amide bonds. The molecular weight excluding hydrogens is 307 g/mol. The van der Waals surface area contributed by atoms with Crippen LogP contribution in [-0.4, -0.2) is 26.6 Å². The highest BCUT2D eigenvalue weighted by Gasteiger charge is 2.32. The Morgan fingerprint density at radius 3 is 2.55 bits per heavy atom. The van der Waals surface area contributed by atoms with Crippen molar-refractivity contribution < 1.29 is 17.6 Å². The number of carbonyl (C=O) groups is 1. The average Bonchev–Trinajstić information content (AvgIpc) is 2.26. The fraction of sp³-hybridized carbons (Fsp3) is 0.417. The first-order valence-corrected chi connectivity index (χ1v) is 7.87. The molecule has 0 aromatic heterocycles. The third-order valence-corrected chi connectivity index (χ3v) is 3.85. The Bertz CT molecular complexity index is 617. The van der Waals surface area contributed by atoms with Gasteiger partial charge in [-0.1, -0.05) is 17.7 Å². The molecule has 5 nitrogen and oxygen atoms in total. The zero-order valence-corrected chi connectivity index (χ0v) is 12.7. The summed E-state index contributed by atoms with van der Waals surface area (Å²) in [7, 11) is -3.65. The molecule has 0 unspecified atom stereocenters. The van der Waals surface area contributed by atoms with Gasteiger partial charge >= 0.3 is 0 Å². The van der Waals surface area contributed by atoms with E-state index in [4.69, 9.17) is 16.7 Å². The third kappa shape index (κ3) is 4.43. The zero-order chi connectivity index (χ0) is 15.6. The Labute approximate surface area is 122 Å². The first-order chi connectivity index (χ1) is 9.04. The highest BCUT2D eigenvalue weighted by atomic mass is 35.5. The standard InChI is InChI=1S/C12H16ClFN2O3S/c1-12(2,9-4-3-8(13)7-10(9)14)11(17)16-5-6-20(15,18)19/h3-4,7H,5-6H2,1-2H3,(H,16,17)(H2,15,18,19). The van der Waals surface area contributed by atoms with Gasteiger partial charge in [0.15, 0.2) is 0 Å². The molecule has 1 aromatic carbocycles. The lowest BCUT2D eigenvalue weighted by molar-refractivity contribution is -0.125. The number of hydrogen-bond donors (Lipinski definition) is 2. The number of halogens is 2. The summed E-state index contributed by atoms with van der Waals surface area (Å²) < 4.78 is 35.4. The van der Waals surface area contributed by atoms with Crippen molar-refractivity contribution in [2.24, 2.45) is 5.14 Å². The molecule has 3 N–H and O–H groups in total. The van der Waals surface area contributed by atoms with E-state index in [0.29, 0.717) is 0 Å². The van der Waals surface area contributed by atoms with Gasteiger partial charge in [-0.2, -0.15) is 0 Å². The molecule has 20 heavy (non-hydrogen) atoms. The lowest BCUT2D eigenvalue weighted by Gasteiger charge is -2.24. The summed E-state index contributed by atoms with van der Waals surface area (Å²) in [6.45, 7) is 2.94. The quantitative estimate of drug-likeness (QED) is 0.852. The van der Waals surface area contributed by atoms with E-state index in [0.717, 1.165) is 6.07 Å². The SMILES string of the molecule is CC(C)(C(=O)NCCS(N)(=O)=O)c1ccc(Cl)cc1F. The molecule has 0 saturated heterocycles. The Hall–Kier alpha value is -1.18. The van der Waals surface area contributed by atoms with E-state index in [2.05, 4.69) is 5.32 Å². The normalized spacial score (nSPS) is 12.2. The van der Waals surface area contributed by atoms with E-state index >= 15 is 0 Å². The monoisotopic (exact) mass is 322 g/mol. The molecule has 0 saturated carbocycles. The minimum atomic E-state index is -3.65. The topological polar surface area (TPSA) is 89.3 Å². The minimum Gasteiger partial charge on any atom is -0.354 e. The van der Waals surface area contributed by atoms with Crippen molar-refractivity contribution in [2.45, 2.75) is 19.3 Å². The molecule has 0 aliphatic heterocycles. The largest absolute Gasteiger partial charge is 0.354 e.